The molecule has 0 N–H and O–H groups in total. The molecule has 0 fully saturated rings. The lowest BCUT2D eigenvalue weighted by molar-refractivity contribution is 0.0497. The van der Waals surface area contributed by atoms with Crippen molar-refractivity contribution in [2.24, 2.45) is 0 Å². The van der Waals surface area contributed by atoms with Gasteiger partial charge in [-0.3, -0.25) is 4.57 Å². The molecule has 5 heteroatoms. The van der Waals surface area contributed by atoms with E-state index in [0.29, 0.717) is 17.5 Å². The van der Waals surface area contributed by atoms with Gasteiger partial charge in [0, 0.05) is 19.1 Å². The Bertz CT molecular complexity index is 496. The lowest BCUT2D eigenvalue weighted by Gasteiger charge is -2.11. The van der Waals surface area contributed by atoms with E-state index in [2.05, 4.69) is 6.92 Å². The van der Waals surface area contributed by atoms with Gasteiger partial charge in [0.15, 0.2) is 0 Å². The standard InChI is InChI=1S/C17H27O4P/c1-4-5-6-7-8-9-14-21-17(18)15-10-12-16(13-11-15)22(3,19)20-2/h10-13H,4-9,14H2,1-3H3. The van der Waals surface area contributed by atoms with Crippen molar-refractivity contribution in [1.29, 1.82) is 0 Å². The van der Waals surface area contributed by atoms with Crippen LogP contribution < -0.4 is 5.30 Å². The van der Waals surface area contributed by atoms with E-state index >= 15 is 0 Å². The lowest BCUT2D eigenvalue weighted by atomic mass is 10.1. The molecule has 0 saturated carbocycles. The largest absolute Gasteiger partial charge is 0.462 e. The molecule has 1 aromatic carbocycles. The van der Waals surface area contributed by atoms with Gasteiger partial charge in [-0.2, -0.15) is 0 Å². The van der Waals surface area contributed by atoms with Crippen molar-refractivity contribution in [3.05, 3.63) is 29.8 Å². The van der Waals surface area contributed by atoms with Crippen LogP contribution >= 0.6 is 7.37 Å². The van der Waals surface area contributed by atoms with Crippen molar-refractivity contribution >= 4 is 18.6 Å². The highest BCUT2D eigenvalue weighted by atomic mass is 31.2. The molecule has 1 atom stereocenters. The summed E-state index contributed by atoms with van der Waals surface area (Å²) in [6.45, 7) is 4.20. The third-order valence-corrected chi connectivity index (χ3v) is 5.58. The summed E-state index contributed by atoms with van der Waals surface area (Å²) in [6.07, 6.45) is 6.96. The second-order valence-electron chi connectivity index (χ2n) is 5.48. The van der Waals surface area contributed by atoms with Crippen LogP contribution in [-0.2, 0) is 13.8 Å². The summed E-state index contributed by atoms with van der Waals surface area (Å²) in [6, 6.07) is 6.58. The summed E-state index contributed by atoms with van der Waals surface area (Å²) < 4.78 is 22.3. The first-order valence-electron chi connectivity index (χ1n) is 7.92. The molecule has 0 heterocycles. The predicted molar refractivity (Wildman–Crippen MR) is 90.3 cm³/mol. The molecule has 1 unspecified atom stereocenters. The predicted octanol–water partition coefficient (Wildman–Crippen LogP) is 4.38. The van der Waals surface area contributed by atoms with Gasteiger partial charge >= 0.3 is 5.97 Å². The third kappa shape index (κ3) is 6.33. The number of hydrogen-bond donors (Lipinski definition) is 0. The monoisotopic (exact) mass is 326 g/mol. The summed E-state index contributed by atoms with van der Waals surface area (Å²) in [4.78, 5) is 11.9. The van der Waals surface area contributed by atoms with Crippen molar-refractivity contribution < 1.29 is 18.6 Å². The topological polar surface area (TPSA) is 52.6 Å². The van der Waals surface area contributed by atoms with Gasteiger partial charge in [-0.25, -0.2) is 4.79 Å². The van der Waals surface area contributed by atoms with Crippen LogP contribution in [0.15, 0.2) is 24.3 Å². The molecule has 124 valence electrons. The number of carbonyl (C=O) groups is 1. The average Bonchev–Trinajstić information content (AvgIpc) is 2.54. The van der Waals surface area contributed by atoms with E-state index in [-0.39, 0.29) is 5.97 Å². The summed E-state index contributed by atoms with van der Waals surface area (Å²) in [5.41, 5.74) is 0.478. The van der Waals surface area contributed by atoms with Gasteiger partial charge in [0.2, 0.25) is 7.37 Å². The molecule has 1 aromatic rings. The fourth-order valence-corrected chi connectivity index (χ4v) is 3.01. The Kier molecular flexibility index (Phi) is 8.44. The second kappa shape index (κ2) is 9.81. The molecular weight excluding hydrogens is 299 g/mol. The van der Waals surface area contributed by atoms with Gasteiger partial charge in [-0.05, 0) is 30.7 Å². The highest BCUT2D eigenvalue weighted by Gasteiger charge is 2.17. The van der Waals surface area contributed by atoms with Crippen LogP contribution in [0.5, 0.6) is 0 Å². The van der Waals surface area contributed by atoms with E-state index in [1.807, 2.05) is 0 Å². The van der Waals surface area contributed by atoms with Gasteiger partial charge < -0.3 is 9.26 Å². The maximum Gasteiger partial charge on any atom is 0.338 e. The van der Waals surface area contributed by atoms with Crippen LogP contribution in [0.25, 0.3) is 0 Å². The van der Waals surface area contributed by atoms with Crippen LogP contribution in [0.3, 0.4) is 0 Å². The molecule has 0 saturated heterocycles. The molecule has 0 spiro atoms. The number of hydrogen-bond acceptors (Lipinski definition) is 4. The van der Waals surface area contributed by atoms with E-state index in [4.69, 9.17) is 9.26 Å². The van der Waals surface area contributed by atoms with Gasteiger partial charge in [0.25, 0.3) is 0 Å². The molecule has 0 aliphatic rings. The normalized spacial score (nSPS) is 13.6. The zero-order valence-corrected chi connectivity index (χ0v) is 14.7. The van der Waals surface area contributed by atoms with Gasteiger partial charge in [0.05, 0.1) is 12.2 Å². The molecular formula is C17H27O4P. The first kappa shape index (κ1) is 18.9. The minimum Gasteiger partial charge on any atom is -0.462 e. The fraction of sp³-hybridized carbons (Fsp3) is 0.588. The number of ether oxygens (including phenoxy) is 1. The van der Waals surface area contributed by atoms with Crippen LogP contribution in [0.4, 0.5) is 0 Å². The number of benzene rings is 1. The zero-order valence-electron chi connectivity index (χ0n) is 13.8. The average molecular weight is 326 g/mol. The molecule has 22 heavy (non-hydrogen) atoms. The Morgan fingerprint density at radius 3 is 2.23 bits per heavy atom. The number of unbranched alkanes of at least 4 members (excludes halogenated alkanes) is 5. The zero-order chi connectivity index (χ0) is 16.4. The minimum absolute atomic E-state index is 0.330. The molecule has 0 aliphatic carbocycles. The molecule has 0 bridgehead atoms. The summed E-state index contributed by atoms with van der Waals surface area (Å²) in [5.74, 6) is -0.330. The first-order valence-corrected chi connectivity index (χ1v) is 9.99. The Balaban J connectivity index is 2.36. The maximum atomic E-state index is 12.0. The van der Waals surface area contributed by atoms with Gasteiger partial charge in [0.1, 0.15) is 0 Å². The van der Waals surface area contributed by atoms with E-state index in [1.54, 1.807) is 30.9 Å². The highest BCUT2D eigenvalue weighted by Crippen LogP contribution is 2.39. The summed E-state index contributed by atoms with van der Waals surface area (Å²) in [7, 11) is -1.35. The molecule has 1 rings (SSSR count). The van der Waals surface area contributed by atoms with Gasteiger partial charge in [-0.15, -0.1) is 0 Å². The van der Waals surface area contributed by atoms with Gasteiger partial charge in [-0.1, -0.05) is 39.0 Å². The number of rotatable bonds is 10. The van der Waals surface area contributed by atoms with Crippen molar-refractivity contribution in [2.45, 2.75) is 45.4 Å². The van der Waals surface area contributed by atoms with E-state index in [0.717, 1.165) is 12.8 Å². The van der Waals surface area contributed by atoms with Crippen LogP contribution in [-0.4, -0.2) is 26.4 Å². The maximum absolute atomic E-state index is 12.0. The summed E-state index contributed by atoms with van der Waals surface area (Å²) in [5, 5.41) is 0.600. The Morgan fingerprint density at radius 1 is 1.05 bits per heavy atom. The first-order chi connectivity index (χ1) is 10.5. The quantitative estimate of drug-likeness (QED) is 0.364. The van der Waals surface area contributed by atoms with Crippen LogP contribution in [0, 0.1) is 0 Å². The number of esters is 1. The van der Waals surface area contributed by atoms with Crippen molar-refractivity contribution in [3.8, 4) is 0 Å². The smallest absolute Gasteiger partial charge is 0.338 e. The third-order valence-electron chi connectivity index (χ3n) is 3.65. The van der Waals surface area contributed by atoms with Crippen molar-refractivity contribution in [3.63, 3.8) is 0 Å². The molecule has 0 amide bonds. The number of carbonyl (C=O) groups excluding carboxylic acids is 1. The molecule has 0 aromatic heterocycles. The summed E-state index contributed by atoms with van der Waals surface area (Å²) >= 11 is 0. The molecule has 4 nitrogen and oxygen atoms in total. The molecule has 0 radical (unpaired) electrons. The highest BCUT2D eigenvalue weighted by molar-refractivity contribution is 7.66. The lowest BCUT2D eigenvalue weighted by Crippen LogP contribution is -2.10. The SMILES string of the molecule is CCCCCCCCOC(=O)c1ccc(P(C)(=O)OC)cc1. The Labute approximate surface area is 133 Å². The van der Waals surface area contributed by atoms with E-state index in [9.17, 15) is 9.36 Å². The van der Waals surface area contributed by atoms with E-state index < -0.39 is 7.37 Å². The van der Waals surface area contributed by atoms with E-state index in [1.165, 1.54) is 32.8 Å². The Morgan fingerprint density at radius 2 is 1.64 bits per heavy atom. The fourth-order valence-electron chi connectivity index (χ4n) is 2.10. The van der Waals surface area contributed by atoms with Crippen LogP contribution in [0.1, 0.15) is 55.8 Å². The molecule has 0 aliphatic heterocycles. The Hall–Kier alpha value is -1.12. The minimum atomic E-state index is -2.77. The van der Waals surface area contributed by atoms with Crippen molar-refractivity contribution in [2.75, 3.05) is 20.4 Å². The second-order valence-corrected chi connectivity index (χ2v) is 8.05. The van der Waals surface area contributed by atoms with Crippen LogP contribution in [0.2, 0.25) is 0 Å². The van der Waals surface area contributed by atoms with Crippen molar-refractivity contribution in [1.82, 2.24) is 0 Å².